The van der Waals surface area contributed by atoms with Crippen molar-refractivity contribution < 1.29 is 4.39 Å². The summed E-state index contributed by atoms with van der Waals surface area (Å²) in [6, 6.07) is 15.0. The van der Waals surface area contributed by atoms with Crippen LogP contribution < -0.4 is 0 Å². The number of aromatic nitrogens is 1. The van der Waals surface area contributed by atoms with Gasteiger partial charge >= 0.3 is 0 Å². The molecule has 0 spiro atoms. The van der Waals surface area contributed by atoms with Gasteiger partial charge in [0.25, 0.3) is 0 Å². The highest BCUT2D eigenvalue weighted by molar-refractivity contribution is 5.99. The number of pyridine rings is 1. The first-order chi connectivity index (χ1) is 11.3. The fraction of sp³-hybridized carbons (Fsp3) is 0.190. The van der Waals surface area contributed by atoms with E-state index < -0.39 is 0 Å². The summed E-state index contributed by atoms with van der Waals surface area (Å²) >= 11 is 0. The number of hydrogen-bond donors (Lipinski definition) is 0. The minimum Gasteiger partial charge on any atom is -0.252 e. The van der Waals surface area contributed by atoms with Crippen LogP contribution in [0.2, 0.25) is 0 Å². The first-order valence-electron chi connectivity index (χ1n) is 8.09. The van der Waals surface area contributed by atoms with Crippen molar-refractivity contribution in [1.29, 1.82) is 0 Å². The van der Waals surface area contributed by atoms with Crippen molar-refractivity contribution in [3.63, 3.8) is 0 Å². The zero-order valence-electron chi connectivity index (χ0n) is 13.1. The number of benzene rings is 2. The Labute approximate surface area is 135 Å². The SMILES string of the molecule is C/C=C\c1c(C2CC2)nc2ccccc2c1-c1ccc(F)cc1. The molecule has 1 aliphatic carbocycles. The second-order valence-corrected chi connectivity index (χ2v) is 6.08. The van der Waals surface area contributed by atoms with Gasteiger partial charge in [0.05, 0.1) is 11.2 Å². The Bertz CT molecular complexity index is 890. The zero-order valence-corrected chi connectivity index (χ0v) is 13.1. The Morgan fingerprint density at radius 3 is 2.48 bits per heavy atom. The fourth-order valence-electron chi connectivity index (χ4n) is 3.18. The summed E-state index contributed by atoms with van der Waals surface area (Å²) in [5, 5.41) is 1.12. The number of allylic oxidation sites excluding steroid dienone is 1. The number of nitrogens with zero attached hydrogens (tertiary/aromatic N) is 1. The molecule has 0 saturated heterocycles. The Hall–Kier alpha value is -2.48. The molecule has 3 aromatic rings. The molecule has 1 aromatic heterocycles. The minimum atomic E-state index is -0.206. The summed E-state index contributed by atoms with van der Waals surface area (Å²) in [5.74, 6) is 0.354. The number of hydrogen-bond acceptors (Lipinski definition) is 1. The molecule has 1 heterocycles. The van der Waals surface area contributed by atoms with E-state index in [0.717, 1.165) is 22.0 Å². The molecule has 0 amide bonds. The molecule has 0 aliphatic heterocycles. The van der Waals surface area contributed by atoms with Crippen LogP contribution in [-0.4, -0.2) is 4.98 Å². The highest BCUT2D eigenvalue weighted by atomic mass is 19.1. The van der Waals surface area contributed by atoms with Crippen molar-refractivity contribution in [2.75, 3.05) is 0 Å². The monoisotopic (exact) mass is 303 g/mol. The predicted octanol–water partition coefficient (Wildman–Crippen LogP) is 5.95. The maximum Gasteiger partial charge on any atom is 0.123 e. The third-order valence-corrected chi connectivity index (χ3v) is 4.39. The molecule has 0 atom stereocenters. The molecule has 1 fully saturated rings. The minimum absolute atomic E-state index is 0.206. The third-order valence-electron chi connectivity index (χ3n) is 4.39. The number of halogens is 1. The molecule has 114 valence electrons. The Morgan fingerprint density at radius 2 is 1.78 bits per heavy atom. The van der Waals surface area contributed by atoms with Gasteiger partial charge in [-0.05, 0) is 43.5 Å². The van der Waals surface area contributed by atoms with E-state index in [2.05, 4.69) is 24.3 Å². The summed E-state index contributed by atoms with van der Waals surface area (Å²) in [7, 11) is 0. The molecule has 0 radical (unpaired) electrons. The van der Waals surface area contributed by atoms with E-state index >= 15 is 0 Å². The van der Waals surface area contributed by atoms with Gasteiger partial charge in [0.15, 0.2) is 0 Å². The summed E-state index contributed by atoms with van der Waals surface area (Å²) in [6.45, 7) is 2.03. The van der Waals surface area contributed by atoms with Crippen molar-refractivity contribution in [2.45, 2.75) is 25.7 Å². The topological polar surface area (TPSA) is 12.9 Å². The van der Waals surface area contributed by atoms with Crippen molar-refractivity contribution >= 4 is 17.0 Å². The molecule has 1 saturated carbocycles. The first-order valence-corrected chi connectivity index (χ1v) is 8.09. The normalized spacial score (nSPS) is 14.7. The Morgan fingerprint density at radius 1 is 1.04 bits per heavy atom. The third kappa shape index (κ3) is 2.55. The standard InChI is InChI=1S/C21H18FN/c1-2-5-18-20(14-10-12-16(22)13-11-14)17-6-3-4-7-19(17)23-21(18)15-8-9-15/h2-7,10-13,15H,8-9H2,1H3/b5-2-. The summed E-state index contributed by atoms with van der Waals surface area (Å²) in [4.78, 5) is 4.93. The maximum absolute atomic E-state index is 13.4. The van der Waals surface area contributed by atoms with Gasteiger partial charge in [0.1, 0.15) is 5.82 Å². The largest absolute Gasteiger partial charge is 0.252 e. The predicted molar refractivity (Wildman–Crippen MR) is 93.8 cm³/mol. The van der Waals surface area contributed by atoms with Gasteiger partial charge in [-0.15, -0.1) is 0 Å². The van der Waals surface area contributed by atoms with Gasteiger partial charge in [-0.25, -0.2) is 4.39 Å². The second-order valence-electron chi connectivity index (χ2n) is 6.08. The molecule has 0 bridgehead atoms. The molecule has 2 heteroatoms. The van der Waals surface area contributed by atoms with Crippen molar-refractivity contribution in [2.24, 2.45) is 0 Å². The molecular weight excluding hydrogens is 285 g/mol. The zero-order chi connectivity index (χ0) is 15.8. The van der Waals surface area contributed by atoms with Crippen LogP contribution in [0.25, 0.3) is 28.1 Å². The van der Waals surface area contributed by atoms with Gasteiger partial charge in [-0.2, -0.15) is 0 Å². The lowest BCUT2D eigenvalue weighted by Gasteiger charge is -2.15. The van der Waals surface area contributed by atoms with E-state index in [0.29, 0.717) is 5.92 Å². The summed E-state index contributed by atoms with van der Waals surface area (Å²) < 4.78 is 13.4. The highest BCUT2D eigenvalue weighted by Gasteiger charge is 2.29. The van der Waals surface area contributed by atoms with Crippen LogP contribution >= 0.6 is 0 Å². The van der Waals surface area contributed by atoms with E-state index in [1.54, 1.807) is 0 Å². The van der Waals surface area contributed by atoms with Gasteiger partial charge < -0.3 is 0 Å². The molecule has 1 aliphatic rings. The van der Waals surface area contributed by atoms with Crippen LogP contribution in [0.15, 0.2) is 54.6 Å². The number of rotatable bonds is 3. The molecule has 1 nitrogen and oxygen atoms in total. The quantitative estimate of drug-likeness (QED) is 0.582. The van der Waals surface area contributed by atoms with Gasteiger partial charge in [0, 0.05) is 22.4 Å². The van der Waals surface area contributed by atoms with Gasteiger partial charge in [-0.1, -0.05) is 42.5 Å². The lowest BCUT2D eigenvalue weighted by molar-refractivity contribution is 0.628. The van der Waals surface area contributed by atoms with Gasteiger partial charge in [0.2, 0.25) is 0 Å². The molecule has 0 unspecified atom stereocenters. The first kappa shape index (κ1) is 14.1. The van der Waals surface area contributed by atoms with Crippen LogP contribution in [0.3, 0.4) is 0 Å². The molecule has 4 rings (SSSR count). The summed E-state index contributed by atoms with van der Waals surface area (Å²) in [6.07, 6.45) is 6.62. The van der Waals surface area contributed by atoms with Crippen molar-refractivity contribution in [3.8, 4) is 11.1 Å². The van der Waals surface area contributed by atoms with Crippen molar-refractivity contribution in [1.82, 2.24) is 4.98 Å². The fourth-order valence-corrected chi connectivity index (χ4v) is 3.18. The Kier molecular flexibility index (Phi) is 3.45. The lowest BCUT2D eigenvalue weighted by atomic mass is 9.92. The van der Waals surface area contributed by atoms with Crippen LogP contribution in [0.1, 0.15) is 36.9 Å². The Balaban J connectivity index is 2.09. The van der Waals surface area contributed by atoms with E-state index in [1.807, 2.05) is 31.2 Å². The molecular formula is C21H18FN. The van der Waals surface area contributed by atoms with Crippen LogP contribution in [0.4, 0.5) is 4.39 Å². The highest BCUT2D eigenvalue weighted by Crippen LogP contribution is 2.45. The van der Waals surface area contributed by atoms with Crippen LogP contribution in [0.5, 0.6) is 0 Å². The smallest absolute Gasteiger partial charge is 0.123 e. The molecule has 23 heavy (non-hydrogen) atoms. The summed E-state index contributed by atoms with van der Waals surface area (Å²) in [5.41, 5.74) is 5.58. The van der Waals surface area contributed by atoms with Gasteiger partial charge in [-0.3, -0.25) is 4.98 Å². The lowest BCUT2D eigenvalue weighted by Crippen LogP contribution is -1.98. The average Bonchev–Trinajstić information content (AvgIpc) is 3.40. The number of fused-ring (bicyclic) bond motifs is 1. The van der Waals surface area contributed by atoms with E-state index in [4.69, 9.17) is 4.98 Å². The van der Waals surface area contributed by atoms with Crippen LogP contribution in [-0.2, 0) is 0 Å². The van der Waals surface area contributed by atoms with Crippen LogP contribution in [0, 0.1) is 5.82 Å². The molecule has 2 aromatic carbocycles. The average molecular weight is 303 g/mol. The second kappa shape index (κ2) is 5.62. The van der Waals surface area contributed by atoms with Crippen molar-refractivity contribution in [3.05, 3.63) is 71.7 Å². The van der Waals surface area contributed by atoms with E-state index in [9.17, 15) is 4.39 Å². The van der Waals surface area contributed by atoms with E-state index in [-0.39, 0.29) is 5.82 Å². The maximum atomic E-state index is 13.4. The molecule has 0 N–H and O–H groups in total. The van der Waals surface area contributed by atoms with E-state index in [1.165, 1.54) is 36.2 Å². The number of para-hydroxylation sites is 1.